The molecule has 7 heteroatoms. The largest absolute Gasteiger partial charge is 0.344 e. The summed E-state index contributed by atoms with van der Waals surface area (Å²) < 4.78 is 4.57. The minimum atomic E-state index is -0.343. The van der Waals surface area contributed by atoms with Gasteiger partial charge in [-0.1, -0.05) is 45.7 Å². The van der Waals surface area contributed by atoms with Crippen molar-refractivity contribution < 1.29 is 0 Å². The summed E-state index contributed by atoms with van der Waals surface area (Å²) in [6.45, 7) is 0.659. The summed E-state index contributed by atoms with van der Waals surface area (Å²) in [4.78, 5) is 24.9. The van der Waals surface area contributed by atoms with Crippen molar-refractivity contribution in [1.29, 1.82) is 0 Å². The van der Waals surface area contributed by atoms with Gasteiger partial charge < -0.3 is 4.57 Å². The van der Waals surface area contributed by atoms with E-state index in [0.717, 1.165) is 21.2 Å². The lowest BCUT2D eigenvalue weighted by Crippen LogP contribution is -2.36. The van der Waals surface area contributed by atoms with Crippen molar-refractivity contribution in [2.45, 2.75) is 6.54 Å². The van der Waals surface area contributed by atoms with Gasteiger partial charge in [-0.15, -0.1) is 0 Å². The lowest BCUT2D eigenvalue weighted by atomic mass is 10.1. The van der Waals surface area contributed by atoms with Crippen molar-refractivity contribution in [2.75, 3.05) is 5.33 Å². The van der Waals surface area contributed by atoms with Crippen LogP contribution < -0.4 is 11.2 Å². The molecule has 0 fully saturated rings. The zero-order chi connectivity index (χ0) is 16.7. The highest BCUT2D eigenvalue weighted by molar-refractivity contribution is 9.09. The molecule has 0 saturated carbocycles. The van der Waals surface area contributed by atoms with Crippen molar-refractivity contribution in [2.24, 2.45) is 14.1 Å². The molecule has 0 amide bonds. The predicted molar refractivity (Wildman–Crippen MR) is 96.7 cm³/mol. The van der Waals surface area contributed by atoms with Crippen molar-refractivity contribution in [3.05, 3.63) is 56.3 Å². The molecular formula is C16H15BrClN3O2. The lowest BCUT2D eigenvalue weighted by Gasteiger charge is -2.10. The Kier molecular flexibility index (Phi) is 4.21. The van der Waals surface area contributed by atoms with Crippen molar-refractivity contribution >= 4 is 38.4 Å². The Morgan fingerprint density at radius 1 is 1.13 bits per heavy atom. The van der Waals surface area contributed by atoms with E-state index in [0.29, 0.717) is 22.5 Å². The second kappa shape index (κ2) is 6.02. The van der Waals surface area contributed by atoms with Gasteiger partial charge in [0.1, 0.15) is 0 Å². The van der Waals surface area contributed by atoms with E-state index in [-0.39, 0.29) is 11.2 Å². The summed E-state index contributed by atoms with van der Waals surface area (Å²) in [5.74, 6) is 0. The van der Waals surface area contributed by atoms with Crippen LogP contribution in [0.15, 0.2) is 40.1 Å². The first-order valence-corrected chi connectivity index (χ1v) is 8.57. The quantitative estimate of drug-likeness (QED) is 0.639. The van der Waals surface area contributed by atoms with Crippen LogP contribution >= 0.6 is 27.5 Å². The van der Waals surface area contributed by atoms with Gasteiger partial charge in [0.2, 0.25) is 0 Å². The average Bonchev–Trinajstić information content (AvgIpc) is 2.91. The molecule has 3 rings (SSSR count). The van der Waals surface area contributed by atoms with Crippen LogP contribution in [0, 0.1) is 0 Å². The van der Waals surface area contributed by atoms with Crippen LogP contribution in [0.3, 0.4) is 0 Å². The number of halogens is 2. The van der Waals surface area contributed by atoms with Gasteiger partial charge >= 0.3 is 5.69 Å². The summed E-state index contributed by atoms with van der Waals surface area (Å²) in [5.41, 5.74) is 1.46. The molecule has 2 heterocycles. The van der Waals surface area contributed by atoms with Crippen LogP contribution in [0.25, 0.3) is 22.2 Å². The maximum atomic E-state index is 12.7. The van der Waals surface area contributed by atoms with Gasteiger partial charge in [0, 0.05) is 42.8 Å². The monoisotopic (exact) mass is 395 g/mol. The highest BCUT2D eigenvalue weighted by Crippen LogP contribution is 2.33. The van der Waals surface area contributed by atoms with Gasteiger partial charge in [0.05, 0.1) is 16.6 Å². The Balaban J connectivity index is 2.54. The molecule has 3 aromatic rings. The SMILES string of the molecule is Cn1c(=O)c2c(-c3ccccc3Cl)n(CCBr)cc2n(C)c1=O. The second-order valence-electron chi connectivity index (χ2n) is 5.31. The molecule has 120 valence electrons. The molecule has 23 heavy (non-hydrogen) atoms. The van der Waals surface area contributed by atoms with E-state index in [2.05, 4.69) is 15.9 Å². The van der Waals surface area contributed by atoms with Gasteiger partial charge in [-0.3, -0.25) is 13.9 Å². The molecule has 0 aliphatic heterocycles. The standard InChI is InChI=1S/C16H15BrClN3O2/c1-19-12-9-21(8-7-17)14(10-5-3-4-6-11(10)18)13(12)15(22)20(2)16(19)23/h3-6,9H,7-8H2,1-2H3. The third kappa shape index (κ3) is 2.46. The number of fused-ring (bicyclic) bond motifs is 1. The fourth-order valence-electron chi connectivity index (χ4n) is 2.80. The predicted octanol–water partition coefficient (Wildman–Crippen LogP) is 2.75. The van der Waals surface area contributed by atoms with Crippen LogP contribution in [-0.4, -0.2) is 19.0 Å². The molecule has 0 bridgehead atoms. The number of hydrogen-bond acceptors (Lipinski definition) is 2. The van der Waals surface area contributed by atoms with Crippen molar-refractivity contribution in [1.82, 2.24) is 13.7 Å². The maximum absolute atomic E-state index is 12.7. The summed E-state index contributed by atoms with van der Waals surface area (Å²) in [6, 6.07) is 7.40. The molecule has 0 aliphatic carbocycles. The number of nitrogens with zero attached hydrogens (tertiary/aromatic N) is 3. The van der Waals surface area contributed by atoms with Crippen molar-refractivity contribution in [3.63, 3.8) is 0 Å². The average molecular weight is 397 g/mol. The fraction of sp³-hybridized carbons (Fsp3) is 0.250. The Morgan fingerprint density at radius 2 is 1.83 bits per heavy atom. The molecule has 0 radical (unpaired) electrons. The first-order chi connectivity index (χ1) is 11.0. The minimum Gasteiger partial charge on any atom is -0.344 e. The molecule has 5 nitrogen and oxygen atoms in total. The number of hydrogen-bond donors (Lipinski definition) is 0. The summed E-state index contributed by atoms with van der Waals surface area (Å²) in [6.07, 6.45) is 1.83. The second-order valence-corrected chi connectivity index (χ2v) is 6.51. The Bertz CT molecular complexity index is 1020. The highest BCUT2D eigenvalue weighted by atomic mass is 79.9. The summed E-state index contributed by atoms with van der Waals surface area (Å²) in [5, 5.41) is 1.79. The molecule has 1 aromatic carbocycles. The fourth-order valence-corrected chi connectivity index (χ4v) is 3.41. The van der Waals surface area contributed by atoms with E-state index in [1.807, 2.05) is 29.0 Å². The Labute approximate surface area is 145 Å². The van der Waals surface area contributed by atoms with Crippen molar-refractivity contribution in [3.8, 4) is 11.3 Å². The molecule has 0 spiro atoms. The molecule has 0 unspecified atom stereocenters. The van der Waals surface area contributed by atoms with E-state index in [4.69, 9.17) is 11.6 Å². The van der Waals surface area contributed by atoms with Crippen LogP contribution in [0.1, 0.15) is 0 Å². The topological polar surface area (TPSA) is 48.9 Å². The van der Waals surface area contributed by atoms with Crippen LogP contribution in [0.5, 0.6) is 0 Å². The van der Waals surface area contributed by atoms with E-state index >= 15 is 0 Å². The maximum Gasteiger partial charge on any atom is 0.330 e. The van der Waals surface area contributed by atoms with E-state index in [9.17, 15) is 9.59 Å². The molecule has 0 aliphatic rings. The Hall–Kier alpha value is -1.79. The highest BCUT2D eigenvalue weighted by Gasteiger charge is 2.20. The number of alkyl halides is 1. The first kappa shape index (κ1) is 16.1. The minimum absolute atomic E-state index is 0.314. The van der Waals surface area contributed by atoms with E-state index < -0.39 is 0 Å². The number of aromatic nitrogens is 3. The third-order valence-electron chi connectivity index (χ3n) is 3.97. The Morgan fingerprint density at radius 3 is 2.48 bits per heavy atom. The molecule has 0 atom stereocenters. The zero-order valence-corrected chi connectivity index (χ0v) is 15.1. The normalized spacial score (nSPS) is 11.3. The zero-order valence-electron chi connectivity index (χ0n) is 12.7. The molecule has 2 aromatic heterocycles. The smallest absolute Gasteiger partial charge is 0.330 e. The molecule has 0 N–H and O–H groups in total. The summed E-state index contributed by atoms with van der Waals surface area (Å²) in [7, 11) is 3.15. The van der Waals surface area contributed by atoms with E-state index in [1.165, 1.54) is 11.6 Å². The number of benzene rings is 1. The lowest BCUT2D eigenvalue weighted by molar-refractivity contribution is 0.714. The molecule has 0 saturated heterocycles. The first-order valence-electron chi connectivity index (χ1n) is 7.07. The third-order valence-corrected chi connectivity index (χ3v) is 4.65. The van der Waals surface area contributed by atoms with Gasteiger partial charge in [-0.2, -0.15) is 0 Å². The number of rotatable bonds is 3. The van der Waals surface area contributed by atoms with Gasteiger partial charge in [-0.25, -0.2) is 4.79 Å². The summed E-state index contributed by atoms with van der Waals surface area (Å²) >= 11 is 9.78. The van der Waals surface area contributed by atoms with Crippen LogP contribution in [-0.2, 0) is 20.6 Å². The van der Waals surface area contributed by atoms with Crippen LogP contribution in [0.2, 0.25) is 5.02 Å². The van der Waals surface area contributed by atoms with Gasteiger partial charge in [0.25, 0.3) is 5.56 Å². The molecular weight excluding hydrogens is 382 g/mol. The van der Waals surface area contributed by atoms with Gasteiger partial charge in [-0.05, 0) is 6.07 Å². The van der Waals surface area contributed by atoms with Crippen LogP contribution in [0.4, 0.5) is 0 Å². The van der Waals surface area contributed by atoms with E-state index in [1.54, 1.807) is 13.1 Å². The number of aryl methyl sites for hydroxylation is 2. The van der Waals surface area contributed by atoms with Gasteiger partial charge in [0.15, 0.2) is 0 Å².